The Kier molecular flexibility index (Phi) is 7.17. The van der Waals surface area contributed by atoms with Gasteiger partial charge in [0.25, 0.3) is 0 Å². The van der Waals surface area contributed by atoms with Crippen molar-refractivity contribution in [2.75, 3.05) is 18.8 Å². The van der Waals surface area contributed by atoms with E-state index in [-0.39, 0.29) is 0 Å². The molecule has 0 aliphatic heterocycles. The molecule has 0 aliphatic carbocycles. The fourth-order valence-electron chi connectivity index (χ4n) is 1.30. The lowest BCUT2D eigenvalue weighted by Gasteiger charge is -2.14. The van der Waals surface area contributed by atoms with Crippen molar-refractivity contribution in [1.29, 1.82) is 0 Å². The van der Waals surface area contributed by atoms with Gasteiger partial charge in [0.2, 0.25) is 0 Å². The highest BCUT2D eigenvalue weighted by molar-refractivity contribution is 7.99. The summed E-state index contributed by atoms with van der Waals surface area (Å²) in [5.74, 6) is 2.01. The second-order valence-electron chi connectivity index (χ2n) is 4.40. The van der Waals surface area contributed by atoms with E-state index in [1.165, 1.54) is 17.1 Å². The van der Waals surface area contributed by atoms with Crippen molar-refractivity contribution in [1.82, 2.24) is 5.32 Å². The molecule has 0 aliphatic rings. The monoisotopic (exact) mass is 257 g/mol. The van der Waals surface area contributed by atoms with Crippen LogP contribution in [0.3, 0.4) is 0 Å². The summed E-state index contributed by atoms with van der Waals surface area (Å²) in [6.07, 6.45) is 1.17. The number of hydrogen-bond donors (Lipinski definition) is 1. The summed E-state index contributed by atoms with van der Waals surface area (Å²) < 4.78 is 0. The molecule has 0 saturated carbocycles. The van der Waals surface area contributed by atoms with Crippen LogP contribution in [0.5, 0.6) is 0 Å². The Labute approximate surface area is 108 Å². The fourth-order valence-corrected chi connectivity index (χ4v) is 3.03. The average Bonchev–Trinajstić information content (AvgIpc) is 2.75. The third kappa shape index (κ3) is 5.92. The van der Waals surface area contributed by atoms with Crippen LogP contribution >= 0.6 is 23.1 Å². The highest BCUT2D eigenvalue weighted by Crippen LogP contribution is 2.17. The molecular formula is C13H23NS2. The molecule has 0 fully saturated rings. The van der Waals surface area contributed by atoms with E-state index in [1.54, 1.807) is 0 Å². The summed E-state index contributed by atoms with van der Waals surface area (Å²) in [4.78, 5) is 1.48. The molecule has 1 heterocycles. The van der Waals surface area contributed by atoms with Crippen LogP contribution in [-0.4, -0.2) is 24.1 Å². The van der Waals surface area contributed by atoms with E-state index in [1.807, 2.05) is 11.3 Å². The zero-order valence-corrected chi connectivity index (χ0v) is 12.2. The number of thiophene rings is 1. The zero-order valence-electron chi connectivity index (χ0n) is 10.5. The summed E-state index contributed by atoms with van der Waals surface area (Å²) >= 11 is 3.92. The molecule has 16 heavy (non-hydrogen) atoms. The quantitative estimate of drug-likeness (QED) is 0.713. The number of hydrogen-bond acceptors (Lipinski definition) is 3. The van der Waals surface area contributed by atoms with Crippen molar-refractivity contribution < 1.29 is 0 Å². The summed E-state index contributed by atoms with van der Waals surface area (Å²) in [5.41, 5.74) is 0. The molecule has 1 aromatic rings. The molecule has 1 atom stereocenters. The van der Waals surface area contributed by atoms with E-state index in [0.717, 1.165) is 24.3 Å². The molecule has 0 aromatic carbocycles. The van der Waals surface area contributed by atoms with Crippen LogP contribution in [0.25, 0.3) is 0 Å². The topological polar surface area (TPSA) is 12.0 Å². The Morgan fingerprint density at radius 2 is 2.12 bits per heavy atom. The maximum atomic E-state index is 3.50. The summed E-state index contributed by atoms with van der Waals surface area (Å²) in [5, 5.41) is 6.43. The van der Waals surface area contributed by atoms with Gasteiger partial charge < -0.3 is 5.32 Å². The predicted octanol–water partition coefficient (Wildman–Crippen LogP) is 3.66. The van der Waals surface area contributed by atoms with Crippen LogP contribution in [0.2, 0.25) is 0 Å². The first-order valence-electron chi connectivity index (χ1n) is 6.05. The van der Waals surface area contributed by atoms with Crippen LogP contribution in [0.15, 0.2) is 17.5 Å². The largest absolute Gasteiger partial charge is 0.316 e. The third-order valence-corrected chi connectivity index (χ3v) is 5.17. The summed E-state index contributed by atoms with van der Waals surface area (Å²) in [6, 6.07) is 4.34. The van der Waals surface area contributed by atoms with Gasteiger partial charge in [-0.05, 0) is 30.3 Å². The van der Waals surface area contributed by atoms with Crippen molar-refractivity contribution >= 4 is 23.1 Å². The van der Waals surface area contributed by atoms with Crippen LogP contribution < -0.4 is 5.32 Å². The standard InChI is InChI=1S/C13H23NS2/c1-11(2)12(3)15-10-8-14-7-6-13-5-4-9-16-13/h4-5,9,11-12,14H,6-8,10H2,1-3H3. The van der Waals surface area contributed by atoms with Crippen LogP contribution in [-0.2, 0) is 6.42 Å². The molecule has 92 valence electrons. The SMILES string of the molecule is CC(C)C(C)SCCNCCc1cccs1. The van der Waals surface area contributed by atoms with Gasteiger partial charge in [0.05, 0.1) is 0 Å². The van der Waals surface area contributed by atoms with E-state index in [4.69, 9.17) is 0 Å². The smallest absolute Gasteiger partial charge is 0.00608 e. The van der Waals surface area contributed by atoms with Crippen molar-refractivity contribution in [2.45, 2.75) is 32.4 Å². The minimum atomic E-state index is 0.777. The fraction of sp³-hybridized carbons (Fsp3) is 0.692. The Morgan fingerprint density at radius 3 is 2.75 bits per heavy atom. The van der Waals surface area contributed by atoms with Gasteiger partial charge in [0, 0.05) is 22.4 Å². The summed E-state index contributed by atoms with van der Waals surface area (Å²) in [6.45, 7) is 9.15. The Morgan fingerprint density at radius 1 is 1.31 bits per heavy atom. The van der Waals surface area contributed by atoms with Gasteiger partial charge in [0.1, 0.15) is 0 Å². The van der Waals surface area contributed by atoms with Gasteiger partial charge in [-0.25, -0.2) is 0 Å². The Bertz CT molecular complexity index is 257. The van der Waals surface area contributed by atoms with Gasteiger partial charge in [0.15, 0.2) is 0 Å². The van der Waals surface area contributed by atoms with E-state index in [0.29, 0.717) is 0 Å². The van der Waals surface area contributed by atoms with Gasteiger partial charge in [-0.2, -0.15) is 11.8 Å². The van der Waals surface area contributed by atoms with Gasteiger partial charge in [-0.3, -0.25) is 0 Å². The molecule has 0 amide bonds. The van der Waals surface area contributed by atoms with Crippen LogP contribution in [0.4, 0.5) is 0 Å². The van der Waals surface area contributed by atoms with E-state index in [9.17, 15) is 0 Å². The lowest BCUT2D eigenvalue weighted by atomic mass is 10.2. The molecular weight excluding hydrogens is 234 g/mol. The number of thioether (sulfide) groups is 1. The normalized spacial score (nSPS) is 13.2. The highest BCUT2D eigenvalue weighted by atomic mass is 32.2. The Balaban J connectivity index is 1.92. The first kappa shape index (κ1) is 14.1. The van der Waals surface area contributed by atoms with E-state index in [2.05, 4.69) is 55.4 Å². The molecule has 1 N–H and O–H groups in total. The molecule has 0 bridgehead atoms. The van der Waals surface area contributed by atoms with Crippen molar-refractivity contribution in [2.24, 2.45) is 5.92 Å². The van der Waals surface area contributed by atoms with Crippen molar-refractivity contribution in [3.8, 4) is 0 Å². The molecule has 3 heteroatoms. The van der Waals surface area contributed by atoms with Crippen LogP contribution in [0.1, 0.15) is 25.6 Å². The Hall–Kier alpha value is 0.01000. The second kappa shape index (κ2) is 8.15. The number of rotatable bonds is 8. The second-order valence-corrected chi connectivity index (χ2v) is 6.92. The summed E-state index contributed by atoms with van der Waals surface area (Å²) in [7, 11) is 0. The molecule has 0 radical (unpaired) electrons. The molecule has 1 unspecified atom stereocenters. The lowest BCUT2D eigenvalue weighted by molar-refractivity contribution is 0.640. The van der Waals surface area contributed by atoms with E-state index >= 15 is 0 Å². The van der Waals surface area contributed by atoms with Crippen LogP contribution in [0, 0.1) is 5.92 Å². The van der Waals surface area contributed by atoms with Gasteiger partial charge >= 0.3 is 0 Å². The molecule has 1 nitrogen and oxygen atoms in total. The van der Waals surface area contributed by atoms with Crippen molar-refractivity contribution in [3.63, 3.8) is 0 Å². The first-order chi connectivity index (χ1) is 7.70. The van der Waals surface area contributed by atoms with E-state index < -0.39 is 0 Å². The molecule has 0 saturated heterocycles. The third-order valence-electron chi connectivity index (χ3n) is 2.73. The van der Waals surface area contributed by atoms with Gasteiger partial charge in [-0.1, -0.05) is 26.8 Å². The van der Waals surface area contributed by atoms with Crippen molar-refractivity contribution in [3.05, 3.63) is 22.4 Å². The molecule has 1 rings (SSSR count). The minimum Gasteiger partial charge on any atom is -0.316 e. The minimum absolute atomic E-state index is 0.777. The first-order valence-corrected chi connectivity index (χ1v) is 7.97. The molecule has 0 spiro atoms. The number of nitrogens with one attached hydrogen (secondary N) is 1. The predicted molar refractivity (Wildman–Crippen MR) is 77.7 cm³/mol. The zero-order chi connectivity index (χ0) is 11.8. The maximum Gasteiger partial charge on any atom is 0.00608 e. The average molecular weight is 257 g/mol. The highest BCUT2D eigenvalue weighted by Gasteiger charge is 2.06. The molecule has 1 aromatic heterocycles. The lowest BCUT2D eigenvalue weighted by Crippen LogP contribution is -2.21. The maximum absolute atomic E-state index is 3.50. The van der Waals surface area contributed by atoms with Gasteiger partial charge in [-0.15, -0.1) is 11.3 Å².